The van der Waals surface area contributed by atoms with Gasteiger partial charge >= 0.3 is 0 Å². The molecule has 1 aliphatic heterocycles. The van der Waals surface area contributed by atoms with E-state index in [1.807, 2.05) is 12.1 Å². The summed E-state index contributed by atoms with van der Waals surface area (Å²) in [6.07, 6.45) is 0. The third-order valence-corrected chi connectivity index (χ3v) is 6.88. The molecule has 1 aromatic heterocycles. The molecule has 1 saturated heterocycles. The molecule has 1 atom stereocenters. The summed E-state index contributed by atoms with van der Waals surface area (Å²) in [6.45, 7) is 6.23. The molecule has 0 bridgehead atoms. The SMILES string of the molecule is COc1nc(N2CCN(C(C)c3ccc(-c4ccc(Br)cc4)cc3)CC2)ccc1Br. The largest absolute Gasteiger partial charge is 0.480 e. The van der Waals surface area contributed by atoms with Crippen LogP contribution < -0.4 is 9.64 Å². The van der Waals surface area contributed by atoms with Crippen molar-refractivity contribution in [2.45, 2.75) is 13.0 Å². The van der Waals surface area contributed by atoms with Crippen LogP contribution in [-0.4, -0.2) is 43.2 Å². The molecule has 1 aliphatic rings. The number of hydrogen-bond donors (Lipinski definition) is 0. The molecule has 0 saturated carbocycles. The van der Waals surface area contributed by atoms with E-state index in [0.29, 0.717) is 11.9 Å². The summed E-state index contributed by atoms with van der Waals surface area (Å²) in [5.41, 5.74) is 3.84. The van der Waals surface area contributed by atoms with E-state index >= 15 is 0 Å². The van der Waals surface area contributed by atoms with E-state index in [1.165, 1.54) is 16.7 Å². The van der Waals surface area contributed by atoms with Crippen molar-refractivity contribution in [1.29, 1.82) is 0 Å². The number of methoxy groups -OCH3 is 1. The van der Waals surface area contributed by atoms with Gasteiger partial charge in [-0.25, -0.2) is 0 Å². The second-order valence-corrected chi connectivity index (χ2v) is 9.26. The molecule has 1 unspecified atom stereocenters. The van der Waals surface area contributed by atoms with Crippen molar-refractivity contribution in [1.82, 2.24) is 9.88 Å². The number of benzene rings is 2. The average Bonchev–Trinajstić information content (AvgIpc) is 2.80. The zero-order valence-electron chi connectivity index (χ0n) is 17.2. The lowest BCUT2D eigenvalue weighted by molar-refractivity contribution is 0.198. The fraction of sp³-hybridized carbons (Fsp3) is 0.292. The van der Waals surface area contributed by atoms with Crippen LogP contribution in [-0.2, 0) is 0 Å². The molecule has 0 N–H and O–H groups in total. The summed E-state index contributed by atoms with van der Waals surface area (Å²) >= 11 is 6.98. The topological polar surface area (TPSA) is 28.6 Å². The van der Waals surface area contributed by atoms with Crippen molar-refractivity contribution in [3.05, 3.63) is 75.2 Å². The van der Waals surface area contributed by atoms with E-state index in [9.17, 15) is 0 Å². The molecule has 2 aromatic carbocycles. The Hall–Kier alpha value is -1.89. The van der Waals surface area contributed by atoms with Crippen LogP contribution in [0.25, 0.3) is 11.1 Å². The van der Waals surface area contributed by atoms with Crippen LogP contribution in [0.4, 0.5) is 5.82 Å². The number of rotatable bonds is 5. The fourth-order valence-corrected chi connectivity index (χ4v) is 4.53. The minimum Gasteiger partial charge on any atom is -0.480 e. The summed E-state index contributed by atoms with van der Waals surface area (Å²) in [4.78, 5) is 9.49. The summed E-state index contributed by atoms with van der Waals surface area (Å²) in [5.74, 6) is 1.61. The predicted octanol–water partition coefficient (Wildman–Crippen LogP) is 6.17. The zero-order valence-corrected chi connectivity index (χ0v) is 20.4. The number of aromatic nitrogens is 1. The second kappa shape index (κ2) is 9.50. The number of hydrogen-bond acceptors (Lipinski definition) is 4. The Bertz CT molecular complexity index is 984. The van der Waals surface area contributed by atoms with Crippen LogP contribution in [0.5, 0.6) is 5.88 Å². The normalized spacial score (nSPS) is 15.8. The number of piperazine rings is 1. The van der Waals surface area contributed by atoms with E-state index in [1.54, 1.807) is 7.11 Å². The lowest BCUT2D eigenvalue weighted by Gasteiger charge is -2.38. The minimum atomic E-state index is 0.388. The summed E-state index contributed by atoms with van der Waals surface area (Å²) in [5, 5.41) is 0. The Morgan fingerprint density at radius 1 is 0.833 bits per heavy atom. The van der Waals surface area contributed by atoms with Crippen LogP contribution in [0.15, 0.2) is 69.6 Å². The summed E-state index contributed by atoms with van der Waals surface area (Å²) in [7, 11) is 1.65. The van der Waals surface area contributed by atoms with Gasteiger partial charge in [0.05, 0.1) is 11.6 Å². The molecule has 4 rings (SSSR count). The van der Waals surface area contributed by atoms with E-state index in [4.69, 9.17) is 4.74 Å². The molecule has 1 fully saturated rings. The quantitative estimate of drug-likeness (QED) is 0.394. The van der Waals surface area contributed by atoms with Crippen LogP contribution in [0.2, 0.25) is 0 Å². The van der Waals surface area contributed by atoms with Crippen molar-refractivity contribution >= 4 is 37.7 Å². The van der Waals surface area contributed by atoms with Gasteiger partial charge in [0, 0.05) is 36.7 Å². The Morgan fingerprint density at radius 2 is 1.43 bits per heavy atom. The van der Waals surface area contributed by atoms with Gasteiger partial charge in [-0.3, -0.25) is 4.90 Å². The molecule has 30 heavy (non-hydrogen) atoms. The number of pyridine rings is 1. The van der Waals surface area contributed by atoms with E-state index in [0.717, 1.165) is 40.9 Å². The van der Waals surface area contributed by atoms with Gasteiger partial charge < -0.3 is 9.64 Å². The summed E-state index contributed by atoms with van der Waals surface area (Å²) < 4.78 is 7.33. The van der Waals surface area contributed by atoms with Gasteiger partial charge in [-0.1, -0.05) is 52.3 Å². The maximum absolute atomic E-state index is 5.34. The lowest BCUT2D eigenvalue weighted by Crippen LogP contribution is -2.47. The molecule has 3 aromatic rings. The third-order valence-electron chi connectivity index (χ3n) is 5.75. The highest BCUT2D eigenvalue weighted by molar-refractivity contribution is 9.10. The standard InChI is InChI=1S/C24H25Br2N3O/c1-17(18-3-5-19(6-4-18)20-7-9-21(25)10-8-20)28-13-15-29(16-14-28)23-12-11-22(26)24(27-23)30-2/h3-12,17H,13-16H2,1-2H3. The van der Waals surface area contributed by atoms with Crippen molar-refractivity contribution in [3.8, 4) is 17.0 Å². The number of ether oxygens (including phenoxy) is 1. The van der Waals surface area contributed by atoms with Gasteiger partial charge in [-0.2, -0.15) is 4.98 Å². The van der Waals surface area contributed by atoms with Gasteiger partial charge in [0.25, 0.3) is 0 Å². The molecular formula is C24H25Br2N3O. The van der Waals surface area contributed by atoms with Gasteiger partial charge in [0.15, 0.2) is 0 Å². The first-order valence-electron chi connectivity index (χ1n) is 10.1. The van der Waals surface area contributed by atoms with Gasteiger partial charge in [0.2, 0.25) is 5.88 Å². The maximum atomic E-state index is 5.34. The Balaban J connectivity index is 1.39. The predicted molar refractivity (Wildman–Crippen MR) is 130 cm³/mol. The number of nitrogens with zero attached hydrogens (tertiary/aromatic N) is 3. The molecule has 0 amide bonds. The molecule has 0 spiro atoms. The average molecular weight is 531 g/mol. The van der Waals surface area contributed by atoms with Crippen molar-refractivity contribution < 1.29 is 4.74 Å². The first-order chi connectivity index (χ1) is 14.5. The molecular weight excluding hydrogens is 506 g/mol. The number of halogens is 2. The highest BCUT2D eigenvalue weighted by Crippen LogP contribution is 2.29. The number of anilines is 1. The van der Waals surface area contributed by atoms with E-state index in [-0.39, 0.29) is 0 Å². The first-order valence-corrected chi connectivity index (χ1v) is 11.7. The van der Waals surface area contributed by atoms with Gasteiger partial charge in [-0.05, 0) is 63.8 Å². The van der Waals surface area contributed by atoms with Crippen LogP contribution in [0, 0.1) is 0 Å². The maximum Gasteiger partial charge on any atom is 0.229 e. The highest BCUT2D eigenvalue weighted by atomic mass is 79.9. The van der Waals surface area contributed by atoms with Crippen LogP contribution in [0.3, 0.4) is 0 Å². The first kappa shape index (κ1) is 21.3. The van der Waals surface area contributed by atoms with Gasteiger partial charge in [-0.15, -0.1) is 0 Å². The van der Waals surface area contributed by atoms with Crippen LogP contribution >= 0.6 is 31.9 Å². The third kappa shape index (κ3) is 4.71. The van der Waals surface area contributed by atoms with Crippen molar-refractivity contribution in [2.75, 3.05) is 38.2 Å². The lowest BCUT2D eigenvalue weighted by atomic mass is 10.0. The monoisotopic (exact) mass is 529 g/mol. The smallest absolute Gasteiger partial charge is 0.229 e. The van der Waals surface area contributed by atoms with Crippen molar-refractivity contribution in [2.24, 2.45) is 0 Å². The highest BCUT2D eigenvalue weighted by Gasteiger charge is 2.23. The van der Waals surface area contributed by atoms with Gasteiger partial charge in [0.1, 0.15) is 5.82 Å². The molecule has 156 valence electrons. The Labute approximate surface area is 195 Å². The molecule has 6 heteroatoms. The fourth-order valence-electron chi connectivity index (χ4n) is 3.88. The van der Waals surface area contributed by atoms with Crippen LogP contribution in [0.1, 0.15) is 18.5 Å². The summed E-state index contributed by atoms with van der Waals surface area (Å²) in [6, 6.07) is 21.9. The Kier molecular flexibility index (Phi) is 6.76. The molecule has 2 heterocycles. The zero-order chi connectivity index (χ0) is 21.1. The Morgan fingerprint density at radius 3 is 2.03 bits per heavy atom. The molecule has 4 nitrogen and oxygen atoms in total. The minimum absolute atomic E-state index is 0.388. The second-order valence-electron chi connectivity index (χ2n) is 7.49. The van der Waals surface area contributed by atoms with E-state index in [2.05, 4.69) is 102 Å². The molecule has 0 radical (unpaired) electrons. The van der Waals surface area contributed by atoms with E-state index < -0.39 is 0 Å². The van der Waals surface area contributed by atoms with Crippen molar-refractivity contribution in [3.63, 3.8) is 0 Å². The molecule has 0 aliphatic carbocycles.